The van der Waals surface area contributed by atoms with Gasteiger partial charge in [-0.3, -0.25) is 13.8 Å². The summed E-state index contributed by atoms with van der Waals surface area (Å²) in [5.74, 6) is -0.370. The largest absolute Gasteiger partial charge is 0.508 e. The van der Waals surface area contributed by atoms with Gasteiger partial charge in [0.1, 0.15) is 11.8 Å². The Morgan fingerprint density at radius 3 is 2.31 bits per heavy atom. The van der Waals surface area contributed by atoms with E-state index in [9.17, 15) is 18.9 Å². The van der Waals surface area contributed by atoms with E-state index in [2.05, 4.69) is 5.32 Å². The van der Waals surface area contributed by atoms with Gasteiger partial charge in [-0.15, -0.1) is 0 Å². The molecular formula is C24H33N3O4S. The van der Waals surface area contributed by atoms with Crippen molar-refractivity contribution in [1.29, 1.82) is 0 Å². The number of benzene rings is 2. The lowest BCUT2D eigenvalue weighted by molar-refractivity contribution is -0.141. The molecule has 0 aliphatic rings. The monoisotopic (exact) mass is 459 g/mol. The number of hydrogen-bond donors (Lipinski definition) is 3. The number of likely N-dealkylation sites (N-methyl/N-ethyl adjacent to an activating group) is 1. The molecule has 2 aromatic carbocycles. The molecule has 0 spiro atoms. The number of hydrogen-bond acceptors (Lipinski definition) is 5. The number of carbonyl (C=O) groups excluding carboxylic acids is 2. The Kier molecular flexibility index (Phi) is 10.4. The first kappa shape index (κ1) is 25.5. The number of amides is 2. The molecule has 0 saturated carbocycles. The fourth-order valence-corrected chi connectivity index (χ4v) is 4.18. The van der Waals surface area contributed by atoms with Crippen LogP contribution in [0.1, 0.15) is 24.0 Å². The zero-order valence-corrected chi connectivity index (χ0v) is 19.5. The minimum Gasteiger partial charge on any atom is -0.508 e. The molecular weight excluding hydrogens is 426 g/mol. The average Bonchev–Trinajstić information content (AvgIpc) is 2.77. The number of phenolic OH excluding ortho intramolecular Hbond substituents is 1. The van der Waals surface area contributed by atoms with Gasteiger partial charge in [-0.2, -0.15) is 0 Å². The lowest BCUT2D eigenvalue weighted by atomic mass is 10.0. The van der Waals surface area contributed by atoms with Crippen molar-refractivity contribution in [2.45, 2.75) is 37.8 Å². The molecule has 2 aromatic rings. The molecule has 7 nitrogen and oxygen atoms in total. The van der Waals surface area contributed by atoms with Crippen LogP contribution in [0.25, 0.3) is 0 Å². The van der Waals surface area contributed by atoms with Crippen LogP contribution >= 0.6 is 0 Å². The van der Waals surface area contributed by atoms with Gasteiger partial charge in [0.2, 0.25) is 11.8 Å². The van der Waals surface area contributed by atoms with Gasteiger partial charge in [-0.1, -0.05) is 42.5 Å². The summed E-state index contributed by atoms with van der Waals surface area (Å²) in [5, 5.41) is 12.6. The first-order valence-electron chi connectivity index (χ1n) is 10.7. The second-order valence-electron chi connectivity index (χ2n) is 7.82. The van der Waals surface area contributed by atoms with Crippen molar-refractivity contribution in [1.82, 2.24) is 10.2 Å². The standard InChI is InChI=1S/C24H33N3O4S/c1-26-21(17-19-10-12-20(28)13-11-19)24(30)27(22(23(25)29)14-16-32(2)31)15-6-9-18-7-4-3-5-8-18/h3-5,7-8,10-13,21-22,26,28H,6,9,14-17H2,1-2H3,(H2,25,29)/t21-,22+,32?/m0/s1. The molecule has 0 aliphatic carbocycles. The highest BCUT2D eigenvalue weighted by Crippen LogP contribution is 2.15. The predicted octanol–water partition coefficient (Wildman–Crippen LogP) is 1.61. The number of nitrogens with one attached hydrogen (secondary N) is 1. The van der Waals surface area contributed by atoms with E-state index in [0.29, 0.717) is 19.4 Å². The van der Waals surface area contributed by atoms with Gasteiger partial charge in [0.25, 0.3) is 0 Å². The van der Waals surface area contributed by atoms with Crippen molar-refractivity contribution in [2.75, 3.05) is 25.6 Å². The molecule has 0 heterocycles. The SMILES string of the molecule is CN[C@@H](Cc1ccc(O)cc1)C(=O)N(CCCc1ccccc1)[C@H](CCS(C)=O)C(N)=O. The van der Waals surface area contributed by atoms with Crippen LogP contribution in [0.2, 0.25) is 0 Å². The highest BCUT2D eigenvalue weighted by Gasteiger charge is 2.32. The topological polar surface area (TPSA) is 113 Å². The number of primary amides is 1. The fourth-order valence-electron chi connectivity index (χ4n) is 3.63. The maximum atomic E-state index is 13.5. The normalized spacial score (nSPS) is 13.8. The smallest absolute Gasteiger partial charge is 0.240 e. The van der Waals surface area contributed by atoms with Crippen molar-refractivity contribution >= 4 is 22.6 Å². The minimum atomic E-state index is -1.10. The number of aromatic hydroxyl groups is 1. The molecule has 1 unspecified atom stereocenters. The van der Waals surface area contributed by atoms with Gasteiger partial charge in [0.15, 0.2) is 0 Å². The van der Waals surface area contributed by atoms with Crippen LogP contribution < -0.4 is 11.1 Å². The van der Waals surface area contributed by atoms with Crippen LogP contribution in [0.3, 0.4) is 0 Å². The van der Waals surface area contributed by atoms with Gasteiger partial charge in [0, 0.05) is 29.4 Å². The average molecular weight is 460 g/mol. The first-order chi connectivity index (χ1) is 15.3. The zero-order valence-electron chi connectivity index (χ0n) is 18.7. The third-order valence-corrected chi connectivity index (χ3v) is 6.21. The van der Waals surface area contributed by atoms with E-state index in [4.69, 9.17) is 5.73 Å². The van der Waals surface area contributed by atoms with Crippen molar-refractivity contribution in [2.24, 2.45) is 5.73 Å². The maximum Gasteiger partial charge on any atom is 0.240 e. The summed E-state index contributed by atoms with van der Waals surface area (Å²) in [7, 11) is 0.601. The number of rotatable bonds is 13. The maximum absolute atomic E-state index is 13.5. The van der Waals surface area contributed by atoms with E-state index in [0.717, 1.165) is 17.5 Å². The van der Waals surface area contributed by atoms with Crippen molar-refractivity contribution in [3.63, 3.8) is 0 Å². The molecule has 0 bridgehead atoms. The Labute approximate surface area is 192 Å². The molecule has 4 N–H and O–H groups in total. The zero-order chi connectivity index (χ0) is 23.5. The second-order valence-corrected chi connectivity index (χ2v) is 9.37. The number of phenols is 1. The molecule has 2 rings (SSSR count). The number of carbonyl (C=O) groups is 2. The third kappa shape index (κ3) is 8.09. The second kappa shape index (κ2) is 13.0. The van der Waals surface area contributed by atoms with Crippen molar-refractivity contribution in [3.8, 4) is 5.75 Å². The Morgan fingerprint density at radius 2 is 1.75 bits per heavy atom. The minimum absolute atomic E-state index is 0.157. The molecule has 0 aromatic heterocycles. The summed E-state index contributed by atoms with van der Waals surface area (Å²) in [6, 6.07) is 15.2. The van der Waals surface area contributed by atoms with Crippen LogP contribution in [0.15, 0.2) is 54.6 Å². The lowest BCUT2D eigenvalue weighted by Gasteiger charge is -2.33. The Hall–Kier alpha value is -2.71. The molecule has 8 heteroatoms. The Balaban J connectivity index is 2.20. The predicted molar refractivity (Wildman–Crippen MR) is 128 cm³/mol. The van der Waals surface area contributed by atoms with E-state index in [1.807, 2.05) is 30.3 Å². The summed E-state index contributed by atoms with van der Waals surface area (Å²) < 4.78 is 11.6. The van der Waals surface area contributed by atoms with Gasteiger partial charge < -0.3 is 21.1 Å². The highest BCUT2D eigenvalue weighted by atomic mass is 32.2. The summed E-state index contributed by atoms with van der Waals surface area (Å²) in [5.41, 5.74) is 7.71. The van der Waals surface area contributed by atoms with Crippen LogP contribution in [-0.2, 0) is 33.2 Å². The van der Waals surface area contributed by atoms with E-state index < -0.39 is 28.8 Å². The molecule has 174 valence electrons. The lowest BCUT2D eigenvalue weighted by Crippen LogP contribution is -2.55. The Morgan fingerprint density at radius 1 is 1.09 bits per heavy atom. The third-order valence-electron chi connectivity index (χ3n) is 5.40. The van der Waals surface area contributed by atoms with Gasteiger partial charge in [0.05, 0.1) is 6.04 Å². The number of nitrogens with two attached hydrogens (primary N) is 1. The van der Waals surface area contributed by atoms with E-state index in [1.54, 1.807) is 42.5 Å². The summed E-state index contributed by atoms with van der Waals surface area (Å²) >= 11 is 0. The quantitative estimate of drug-likeness (QED) is 0.421. The molecule has 2 amide bonds. The van der Waals surface area contributed by atoms with Crippen LogP contribution in [0, 0.1) is 0 Å². The molecule has 0 fully saturated rings. The van der Waals surface area contributed by atoms with Crippen molar-refractivity contribution < 1.29 is 18.9 Å². The summed E-state index contributed by atoms with van der Waals surface area (Å²) in [4.78, 5) is 27.3. The molecule has 3 atom stereocenters. The van der Waals surface area contributed by atoms with Crippen molar-refractivity contribution in [3.05, 3.63) is 65.7 Å². The first-order valence-corrected chi connectivity index (χ1v) is 12.4. The molecule has 32 heavy (non-hydrogen) atoms. The summed E-state index contributed by atoms with van der Waals surface area (Å²) in [6.07, 6.45) is 3.66. The number of aryl methyl sites for hydroxylation is 1. The van der Waals surface area contributed by atoms with Gasteiger partial charge in [-0.25, -0.2) is 0 Å². The van der Waals surface area contributed by atoms with Crippen LogP contribution in [0.5, 0.6) is 5.75 Å². The van der Waals surface area contributed by atoms with Gasteiger partial charge >= 0.3 is 0 Å². The molecule has 0 aliphatic heterocycles. The van der Waals surface area contributed by atoms with E-state index in [1.165, 1.54) is 0 Å². The van der Waals surface area contributed by atoms with E-state index >= 15 is 0 Å². The Bertz CT molecular complexity index is 890. The number of nitrogens with zero attached hydrogens (tertiary/aromatic N) is 1. The van der Waals surface area contributed by atoms with Crippen LogP contribution in [0.4, 0.5) is 0 Å². The molecule has 0 saturated heterocycles. The molecule has 0 radical (unpaired) electrons. The van der Waals surface area contributed by atoms with Crippen LogP contribution in [-0.4, -0.2) is 63.7 Å². The fraction of sp³-hybridized carbons (Fsp3) is 0.417. The highest BCUT2D eigenvalue weighted by molar-refractivity contribution is 7.84. The van der Waals surface area contributed by atoms with E-state index in [-0.39, 0.29) is 23.8 Å². The summed E-state index contributed by atoms with van der Waals surface area (Å²) in [6.45, 7) is 0.367. The van der Waals surface area contributed by atoms with Gasteiger partial charge in [-0.05, 0) is 56.0 Å².